The first-order chi connectivity index (χ1) is 7.87. The van der Waals surface area contributed by atoms with E-state index < -0.39 is 10.0 Å². The monoisotopic (exact) mass is 257 g/mol. The maximum absolute atomic E-state index is 10.9. The van der Waals surface area contributed by atoms with Gasteiger partial charge in [-0.05, 0) is 38.0 Å². The molecule has 0 aliphatic carbocycles. The van der Waals surface area contributed by atoms with Crippen molar-refractivity contribution in [3.63, 3.8) is 0 Å². The van der Waals surface area contributed by atoms with Gasteiger partial charge in [0.25, 0.3) is 0 Å². The number of rotatable bonds is 6. The second-order valence-corrected chi connectivity index (χ2v) is 6.06. The molecule has 1 aromatic carbocycles. The molecule has 0 aromatic heterocycles. The van der Waals surface area contributed by atoms with E-state index in [1.807, 2.05) is 38.1 Å². The van der Waals surface area contributed by atoms with Crippen molar-refractivity contribution < 1.29 is 13.2 Å². The minimum Gasteiger partial charge on any atom is -0.491 e. The van der Waals surface area contributed by atoms with Crippen LogP contribution in [0.4, 0.5) is 0 Å². The van der Waals surface area contributed by atoms with Crippen molar-refractivity contribution >= 4 is 10.0 Å². The molecule has 17 heavy (non-hydrogen) atoms. The summed E-state index contributed by atoms with van der Waals surface area (Å²) >= 11 is 0. The van der Waals surface area contributed by atoms with Gasteiger partial charge in [0.1, 0.15) is 5.75 Å². The van der Waals surface area contributed by atoms with Gasteiger partial charge < -0.3 is 4.74 Å². The zero-order chi connectivity index (χ0) is 12.9. The first kappa shape index (κ1) is 14.0. The van der Waals surface area contributed by atoms with Gasteiger partial charge in [0.05, 0.1) is 12.4 Å². The van der Waals surface area contributed by atoms with Gasteiger partial charge in [-0.15, -0.1) is 0 Å². The summed E-state index contributed by atoms with van der Waals surface area (Å²) in [5.74, 6) is 0.833. The molecule has 0 heterocycles. The zero-order valence-corrected chi connectivity index (χ0v) is 11.3. The van der Waals surface area contributed by atoms with Gasteiger partial charge in [0.15, 0.2) is 0 Å². The van der Waals surface area contributed by atoms with E-state index in [0.29, 0.717) is 13.0 Å². The molecule has 0 amide bonds. The normalized spacial score (nSPS) is 11.8. The number of hydrogen-bond acceptors (Lipinski definition) is 3. The Morgan fingerprint density at radius 2 is 1.82 bits per heavy atom. The van der Waals surface area contributed by atoms with E-state index in [0.717, 1.165) is 17.6 Å². The lowest BCUT2D eigenvalue weighted by molar-refractivity contribution is 0.242. The van der Waals surface area contributed by atoms with E-state index in [-0.39, 0.29) is 6.10 Å². The third kappa shape index (κ3) is 6.28. The largest absolute Gasteiger partial charge is 0.491 e. The quantitative estimate of drug-likeness (QED) is 0.841. The molecule has 0 spiro atoms. The molecular formula is C12H19NO3S. The fourth-order valence-electron chi connectivity index (χ4n) is 1.39. The first-order valence-corrected chi connectivity index (χ1v) is 7.46. The van der Waals surface area contributed by atoms with Gasteiger partial charge in [-0.2, -0.15) is 0 Å². The minimum atomic E-state index is -3.09. The summed E-state index contributed by atoms with van der Waals surface area (Å²) in [5.41, 5.74) is 1.08. The molecule has 0 bridgehead atoms. The Bertz CT molecular complexity index is 437. The van der Waals surface area contributed by atoms with Crippen LogP contribution < -0.4 is 9.46 Å². The summed E-state index contributed by atoms with van der Waals surface area (Å²) in [6, 6.07) is 7.69. The predicted octanol–water partition coefficient (Wildman–Crippen LogP) is 1.57. The van der Waals surface area contributed by atoms with E-state index >= 15 is 0 Å². The summed E-state index contributed by atoms with van der Waals surface area (Å²) in [7, 11) is -3.09. The highest BCUT2D eigenvalue weighted by atomic mass is 32.2. The average molecular weight is 257 g/mol. The molecule has 0 aliphatic heterocycles. The van der Waals surface area contributed by atoms with E-state index in [4.69, 9.17) is 4.74 Å². The van der Waals surface area contributed by atoms with E-state index in [9.17, 15) is 8.42 Å². The van der Waals surface area contributed by atoms with Crippen molar-refractivity contribution in [3.8, 4) is 5.75 Å². The molecule has 1 aromatic rings. The number of ether oxygens (including phenoxy) is 1. The molecule has 0 unspecified atom stereocenters. The lowest BCUT2D eigenvalue weighted by Gasteiger charge is -2.10. The Kier molecular flexibility index (Phi) is 4.96. The number of benzene rings is 1. The van der Waals surface area contributed by atoms with Crippen molar-refractivity contribution in [1.29, 1.82) is 0 Å². The molecular weight excluding hydrogens is 238 g/mol. The molecule has 0 atom stereocenters. The maximum Gasteiger partial charge on any atom is 0.208 e. The standard InChI is InChI=1S/C12H19NO3S/c1-10(2)16-12-6-4-11(5-7-12)8-9-13-17(3,14)15/h4-7,10,13H,8-9H2,1-3H3. The molecule has 96 valence electrons. The maximum atomic E-state index is 10.9. The van der Waals surface area contributed by atoms with Crippen molar-refractivity contribution in [2.45, 2.75) is 26.4 Å². The minimum absolute atomic E-state index is 0.160. The van der Waals surface area contributed by atoms with Crippen LogP contribution in [0, 0.1) is 0 Å². The van der Waals surface area contributed by atoms with Crippen LogP contribution in [-0.2, 0) is 16.4 Å². The highest BCUT2D eigenvalue weighted by Gasteiger charge is 2.01. The van der Waals surface area contributed by atoms with Crippen LogP contribution in [0.5, 0.6) is 5.75 Å². The average Bonchev–Trinajstić information content (AvgIpc) is 2.18. The van der Waals surface area contributed by atoms with Crippen LogP contribution in [0.3, 0.4) is 0 Å². The molecule has 0 fully saturated rings. The van der Waals surface area contributed by atoms with Crippen molar-refractivity contribution in [3.05, 3.63) is 29.8 Å². The lowest BCUT2D eigenvalue weighted by atomic mass is 10.1. The molecule has 4 nitrogen and oxygen atoms in total. The van der Waals surface area contributed by atoms with Crippen LogP contribution in [0.25, 0.3) is 0 Å². The van der Waals surface area contributed by atoms with E-state index in [1.165, 1.54) is 0 Å². The molecule has 0 aliphatic rings. The molecule has 0 radical (unpaired) electrons. The van der Waals surface area contributed by atoms with Gasteiger partial charge in [0, 0.05) is 6.54 Å². The Balaban J connectivity index is 2.46. The SMILES string of the molecule is CC(C)Oc1ccc(CCNS(C)(=O)=O)cc1. The summed E-state index contributed by atoms with van der Waals surface area (Å²) in [6.07, 6.45) is 1.99. The fourth-order valence-corrected chi connectivity index (χ4v) is 1.86. The zero-order valence-electron chi connectivity index (χ0n) is 10.4. The lowest BCUT2D eigenvalue weighted by Crippen LogP contribution is -2.24. The van der Waals surface area contributed by atoms with Gasteiger partial charge in [-0.1, -0.05) is 12.1 Å². The molecule has 0 saturated heterocycles. The van der Waals surface area contributed by atoms with Gasteiger partial charge >= 0.3 is 0 Å². The second-order valence-electron chi connectivity index (χ2n) is 4.23. The van der Waals surface area contributed by atoms with Crippen LogP contribution in [0.2, 0.25) is 0 Å². The topological polar surface area (TPSA) is 55.4 Å². The summed E-state index contributed by atoms with van der Waals surface area (Å²) in [5, 5.41) is 0. The third-order valence-electron chi connectivity index (χ3n) is 2.07. The molecule has 1 rings (SSSR count). The Labute approximate surface area is 103 Å². The molecule has 0 saturated carbocycles. The first-order valence-electron chi connectivity index (χ1n) is 5.57. The Morgan fingerprint density at radius 3 is 2.29 bits per heavy atom. The highest BCUT2D eigenvalue weighted by Crippen LogP contribution is 2.13. The van der Waals surface area contributed by atoms with Crippen molar-refractivity contribution in [2.24, 2.45) is 0 Å². The number of sulfonamides is 1. The second kappa shape index (κ2) is 6.02. The molecule has 1 N–H and O–H groups in total. The molecule has 5 heteroatoms. The third-order valence-corrected chi connectivity index (χ3v) is 2.80. The highest BCUT2D eigenvalue weighted by molar-refractivity contribution is 7.88. The van der Waals surface area contributed by atoms with E-state index in [2.05, 4.69) is 4.72 Å². The smallest absolute Gasteiger partial charge is 0.208 e. The Morgan fingerprint density at radius 1 is 1.24 bits per heavy atom. The van der Waals surface area contributed by atoms with Crippen LogP contribution in [0.1, 0.15) is 19.4 Å². The number of nitrogens with one attached hydrogen (secondary N) is 1. The van der Waals surface area contributed by atoms with Crippen LogP contribution in [-0.4, -0.2) is 27.3 Å². The van der Waals surface area contributed by atoms with Gasteiger partial charge in [-0.25, -0.2) is 13.1 Å². The Hall–Kier alpha value is -1.07. The summed E-state index contributed by atoms with van der Waals surface area (Å²) in [6.45, 7) is 4.37. The number of hydrogen-bond donors (Lipinski definition) is 1. The van der Waals surface area contributed by atoms with Crippen LogP contribution >= 0.6 is 0 Å². The van der Waals surface area contributed by atoms with Gasteiger partial charge in [0.2, 0.25) is 10.0 Å². The van der Waals surface area contributed by atoms with E-state index in [1.54, 1.807) is 0 Å². The van der Waals surface area contributed by atoms with Crippen molar-refractivity contribution in [2.75, 3.05) is 12.8 Å². The van der Waals surface area contributed by atoms with Crippen molar-refractivity contribution in [1.82, 2.24) is 4.72 Å². The summed E-state index contributed by atoms with van der Waals surface area (Å²) in [4.78, 5) is 0. The van der Waals surface area contributed by atoms with Gasteiger partial charge in [-0.3, -0.25) is 0 Å². The fraction of sp³-hybridized carbons (Fsp3) is 0.500. The predicted molar refractivity (Wildman–Crippen MR) is 68.8 cm³/mol. The summed E-state index contributed by atoms with van der Waals surface area (Å²) < 4.78 is 29.7. The van der Waals surface area contributed by atoms with Crippen LogP contribution in [0.15, 0.2) is 24.3 Å².